The van der Waals surface area contributed by atoms with E-state index in [9.17, 15) is 0 Å². The zero-order valence-corrected chi connectivity index (χ0v) is 14.5. The van der Waals surface area contributed by atoms with Crippen LogP contribution in [0, 0.1) is 6.92 Å². The Morgan fingerprint density at radius 1 is 1.14 bits per heavy atom. The molecule has 0 bridgehead atoms. The van der Waals surface area contributed by atoms with Crippen LogP contribution in [0.1, 0.15) is 5.69 Å². The van der Waals surface area contributed by atoms with E-state index >= 15 is 0 Å². The van der Waals surface area contributed by atoms with Gasteiger partial charge in [-0.1, -0.05) is 34.8 Å². The van der Waals surface area contributed by atoms with Gasteiger partial charge in [-0.05, 0) is 19.1 Å². The minimum atomic E-state index is 0. The second-order valence-corrected chi connectivity index (χ2v) is 6.10. The van der Waals surface area contributed by atoms with Gasteiger partial charge in [0.25, 0.3) is 0 Å². The number of piperazine rings is 1. The second kappa shape index (κ2) is 6.76. The molecule has 1 aliphatic heterocycles. The second-order valence-electron chi connectivity index (χ2n) is 4.88. The summed E-state index contributed by atoms with van der Waals surface area (Å²) in [7, 11) is 0. The van der Waals surface area contributed by atoms with Crippen molar-refractivity contribution in [2.45, 2.75) is 6.92 Å². The third kappa shape index (κ3) is 3.17. The number of pyridine rings is 1. The highest BCUT2D eigenvalue weighted by molar-refractivity contribution is 6.40. The van der Waals surface area contributed by atoms with Crippen LogP contribution >= 0.6 is 47.2 Å². The first-order valence-corrected chi connectivity index (χ1v) is 7.62. The lowest BCUT2D eigenvalue weighted by Crippen LogP contribution is -2.43. The van der Waals surface area contributed by atoms with Gasteiger partial charge in [0.15, 0.2) is 0 Å². The molecule has 7 heteroatoms. The highest BCUT2D eigenvalue weighted by Crippen LogP contribution is 2.39. The molecule has 0 aliphatic carbocycles. The van der Waals surface area contributed by atoms with Crippen LogP contribution in [0.15, 0.2) is 12.1 Å². The molecule has 1 aromatic carbocycles. The van der Waals surface area contributed by atoms with Gasteiger partial charge in [-0.3, -0.25) is 0 Å². The van der Waals surface area contributed by atoms with E-state index in [4.69, 9.17) is 34.8 Å². The molecule has 0 saturated carbocycles. The van der Waals surface area contributed by atoms with E-state index in [1.54, 1.807) is 6.07 Å². The summed E-state index contributed by atoms with van der Waals surface area (Å²) >= 11 is 18.9. The van der Waals surface area contributed by atoms with Gasteiger partial charge in [0.1, 0.15) is 0 Å². The Labute approximate surface area is 145 Å². The molecular formula is C14H15Cl4N3. The number of hydrogen-bond acceptors (Lipinski definition) is 3. The van der Waals surface area contributed by atoms with Crippen molar-refractivity contribution in [2.75, 3.05) is 31.1 Å². The number of nitrogens with one attached hydrogen (secondary N) is 1. The van der Waals surface area contributed by atoms with Gasteiger partial charge in [-0.2, -0.15) is 0 Å². The Morgan fingerprint density at radius 2 is 1.81 bits per heavy atom. The number of anilines is 1. The van der Waals surface area contributed by atoms with Crippen molar-refractivity contribution in [3.63, 3.8) is 0 Å². The first-order chi connectivity index (χ1) is 9.58. The maximum Gasteiger partial charge on any atom is 0.0914 e. The lowest BCUT2D eigenvalue weighted by atomic mass is 10.1. The van der Waals surface area contributed by atoms with E-state index in [2.05, 4.69) is 15.2 Å². The van der Waals surface area contributed by atoms with Gasteiger partial charge in [0.2, 0.25) is 0 Å². The van der Waals surface area contributed by atoms with Gasteiger partial charge >= 0.3 is 0 Å². The standard InChI is InChI=1S/C14H14Cl3N3.ClH/c1-8-12(17)14(20-4-2-18-3-5-20)10-6-9(15)7-11(16)13(10)19-8;/h6-7,18H,2-5H2,1H3;1H. The Morgan fingerprint density at radius 3 is 2.48 bits per heavy atom. The van der Waals surface area contributed by atoms with Gasteiger partial charge < -0.3 is 10.2 Å². The molecule has 2 aromatic rings. The molecule has 0 spiro atoms. The normalized spacial score (nSPS) is 15.1. The van der Waals surface area contributed by atoms with Crippen molar-refractivity contribution >= 4 is 63.8 Å². The van der Waals surface area contributed by atoms with Crippen LogP contribution in [0.4, 0.5) is 5.69 Å². The van der Waals surface area contributed by atoms with Crippen LogP contribution < -0.4 is 10.2 Å². The Bertz CT molecular complexity index is 669. The quantitative estimate of drug-likeness (QED) is 0.813. The van der Waals surface area contributed by atoms with Crippen molar-refractivity contribution < 1.29 is 0 Å². The van der Waals surface area contributed by atoms with E-state index < -0.39 is 0 Å². The highest BCUT2D eigenvalue weighted by atomic mass is 35.5. The topological polar surface area (TPSA) is 28.2 Å². The van der Waals surface area contributed by atoms with Crippen LogP contribution in [0.2, 0.25) is 15.1 Å². The fraction of sp³-hybridized carbons (Fsp3) is 0.357. The molecule has 1 aromatic heterocycles. The van der Waals surface area contributed by atoms with E-state index in [0.717, 1.165) is 48.5 Å². The summed E-state index contributed by atoms with van der Waals surface area (Å²) in [4.78, 5) is 6.77. The van der Waals surface area contributed by atoms with Crippen LogP contribution in [-0.4, -0.2) is 31.2 Å². The summed E-state index contributed by atoms with van der Waals surface area (Å²) in [6.45, 7) is 5.59. The van der Waals surface area contributed by atoms with Crippen molar-refractivity contribution in [3.05, 3.63) is 32.9 Å². The molecule has 21 heavy (non-hydrogen) atoms. The molecule has 114 valence electrons. The Balaban J connectivity index is 0.00000161. The Kier molecular flexibility index (Phi) is 5.44. The monoisotopic (exact) mass is 365 g/mol. The summed E-state index contributed by atoms with van der Waals surface area (Å²) in [6.07, 6.45) is 0. The SMILES string of the molecule is Cc1nc2c(Cl)cc(Cl)cc2c(N2CCNCC2)c1Cl.Cl. The summed E-state index contributed by atoms with van der Waals surface area (Å²) in [5.74, 6) is 0. The fourth-order valence-corrected chi connectivity index (χ4v) is 3.36. The van der Waals surface area contributed by atoms with Crippen LogP contribution in [0.5, 0.6) is 0 Å². The predicted octanol–water partition coefficient (Wildman–Crippen LogP) is 4.33. The summed E-state index contributed by atoms with van der Waals surface area (Å²) in [6, 6.07) is 3.60. The molecule has 2 heterocycles. The lowest BCUT2D eigenvalue weighted by Gasteiger charge is -2.31. The summed E-state index contributed by atoms with van der Waals surface area (Å²) in [5.41, 5.74) is 2.53. The van der Waals surface area contributed by atoms with E-state index in [1.807, 2.05) is 13.0 Å². The van der Waals surface area contributed by atoms with Crippen molar-refractivity contribution in [3.8, 4) is 0 Å². The number of halogens is 4. The lowest BCUT2D eigenvalue weighted by molar-refractivity contribution is 0.590. The van der Waals surface area contributed by atoms with Gasteiger partial charge in [0.05, 0.1) is 26.9 Å². The average Bonchev–Trinajstić information content (AvgIpc) is 2.42. The number of aryl methyl sites for hydroxylation is 1. The molecule has 0 unspecified atom stereocenters. The number of nitrogens with zero attached hydrogens (tertiary/aromatic N) is 2. The maximum atomic E-state index is 6.50. The minimum absolute atomic E-state index is 0. The number of rotatable bonds is 1. The van der Waals surface area contributed by atoms with E-state index in [0.29, 0.717) is 15.1 Å². The Hall–Kier alpha value is -0.450. The molecule has 0 radical (unpaired) electrons. The molecule has 0 atom stereocenters. The average molecular weight is 367 g/mol. The maximum absolute atomic E-state index is 6.50. The first-order valence-electron chi connectivity index (χ1n) is 6.48. The van der Waals surface area contributed by atoms with Gasteiger partial charge in [0, 0.05) is 36.6 Å². The van der Waals surface area contributed by atoms with E-state index in [1.165, 1.54) is 0 Å². The molecule has 3 nitrogen and oxygen atoms in total. The fourth-order valence-electron chi connectivity index (χ4n) is 2.56. The van der Waals surface area contributed by atoms with Crippen molar-refractivity contribution in [1.29, 1.82) is 0 Å². The number of aromatic nitrogens is 1. The molecular weight excluding hydrogens is 352 g/mol. The number of fused-ring (bicyclic) bond motifs is 1. The van der Waals surface area contributed by atoms with Crippen LogP contribution in [-0.2, 0) is 0 Å². The third-order valence-electron chi connectivity index (χ3n) is 3.52. The molecule has 1 N–H and O–H groups in total. The predicted molar refractivity (Wildman–Crippen MR) is 93.8 cm³/mol. The van der Waals surface area contributed by atoms with Crippen molar-refractivity contribution in [1.82, 2.24) is 10.3 Å². The molecule has 1 aliphatic rings. The highest BCUT2D eigenvalue weighted by Gasteiger charge is 2.20. The third-order valence-corrected chi connectivity index (χ3v) is 4.48. The zero-order chi connectivity index (χ0) is 14.3. The van der Waals surface area contributed by atoms with Crippen LogP contribution in [0.25, 0.3) is 10.9 Å². The molecule has 3 rings (SSSR count). The smallest absolute Gasteiger partial charge is 0.0914 e. The van der Waals surface area contributed by atoms with Crippen molar-refractivity contribution in [2.24, 2.45) is 0 Å². The zero-order valence-electron chi connectivity index (χ0n) is 11.4. The summed E-state index contributed by atoms with van der Waals surface area (Å²) in [5, 5.41) is 6.09. The number of hydrogen-bond donors (Lipinski definition) is 1. The van der Waals surface area contributed by atoms with Crippen LogP contribution in [0.3, 0.4) is 0 Å². The molecule has 0 amide bonds. The largest absolute Gasteiger partial charge is 0.367 e. The minimum Gasteiger partial charge on any atom is -0.367 e. The van der Waals surface area contributed by atoms with E-state index in [-0.39, 0.29) is 12.4 Å². The van der Waals surface area contributed by atoms with Gasteiger partial charge in [-0.25, -0.2) is 4.98 Å². The van der Waals surface area contributed by atoms with Gasteiger partial charge in [-0.15, -0.1) is 12.4 Å². The first kappa shape index (κ1) is 16.9. The number of benzene rings is 1. The molecule has 1 fully saturated rings. The molecule has 1 saturated heterocycles. The summed E-state index contributed by atoms with van der Waals surface area (Å²) < 4.78 is 0.